The fraction of sp³-hybridized carbons (Fsp3) is 0.481. The zero-order chi connectivity index (χ0) is 27.7. The Hall–Kier alpha value is -2.44. The zero-order valence-corrected chi connectivity index (χ0v) is 23.8. The SMILES string of the molecule is COc1cccc(S(=O)(=O)N(C)C[C@H]2Oc3cc(C4=CCCC4)ccc3S(=O)(=O)N([C@H](C)CO)C[C@H]2C)c1. The number of benzene rings is 2. The van der Waals surface area contributed by atoms with Crippen LogP contribution in [-0.2, 0) is 20.0 Å². The van der Waals surface area contributed by atoms with Crippen LogP contribution in [0.15, 0.2) is 58.3 Å². The number of fused-ring (bicyclic) bond motifs is 1. The van der Waals surface area contributed by atoms with Gasteiger partial charge in [0.2, 0.25) is 20.0 Å². The third-order valence-electron chi connectivity index (χ3n) is 7.27. The Balaban J connectivity index is 1.73. The first-order chi connectivity index (χ1) is 18.0. The quantitative estimate of drug-likeness (QED) is 0.523. The van der Waals surface area contributed by atoms with Crippen LogP contribution in [0.2, 0.25) is 0 Å². The summed E-state index contributed by atoms with van der Waals surface area (Å²) in [6.07, 6.45) is 4.41. The highest BCUT2D eigenvalue weighted by molar-refractivity contribution is 7.89. The summed E-state index contributed by atoms with van der Waals surface area (Å²) in [4.78, 5) is 0.0992. The minimum absolute atomic E-state index is 0.00549. The maximum absolute atomic E-state index is 13.7. The Labute approximate surface area is 225 Å². The molecule has 0 amide bonds. The highest BCUT2D eigenvalue weighted by Gasteiger charge is 2.39. The third-order valence-corrected chi connectivity index (χ3v) is 11.1. The van der Waals surface area contributed by atoms with Crippen LogP contribution in [0.1, 0.15) is 38.7 Å². The van der Waals surface area contributed by atoms with Gasteiger partial charge in [-0.05, 0) is 61.6 Å². The molecular weight excluding hydrogens is 528 g/mol. The van der Waals surface area contributed by atoms with E-state index in [4.69, 9.17) is 9.47 Å². The minimum Gasteiger partial charge on any atom is -0.497 e. The summed E-state index contributed by atoms with van der Waals surface area (Å²) in [5.41, 5.74) is 2.03. The molecule has 9 nitrogen and oxygen atoms in total. The topological polar surface area (TPSA) is 113 Å². The van der Waals surface area contributed by atoms with Gasteiger partial charge in [-0.15, -0.1) is 0 Å². The molecule has 0 saturated carbocycles. The van der Waals surface area contributed by atoms with Crippen LogP contribution in [0.4, 0.5) is 0 Å². The average molecular weight is 565 g/mol. The molecule has 1 N–H and O–H groups in total. The van der Waals surface area contributed by atoms with E-state index in [1.54, 1.807) is 37.3 Å². The molecule has 208 valence electrons. The molecule has 0 spiro atoms. The van der Waals surface area contributed by atoms with Crippen molar-refractivity contribution in [2.24, 2.45) is 5.92 Å². The van der Waals surface area contributed by atoms with Crippen LogP contribution in [0.25, 0.3) is 5.57 Å². The van der Waals surface area contributed by atoms with Crippen molar-refractivity contribution in [3.8, 4) is 11.5 Å². The number of methoxy groups -OCH3 is 1. The molecule has 11 heteroatoms. The monoisotopic (exact) mass is 564 g/mol. The molecular formula is C27H36N2O7S2. The van der Waals surface area contributed by atoms with E-state index in [9.17, 15) is 21.9 Å². The summed E-state index contributed by atoms with van der Waals surface area (Å²) >= 11 is 0. The molecule has 1 heterocycles. The third kappa shape index (κ3) is 5.62. The molecule has 1 aliphatic heterocycles. The van der Waals surface area contributed by atoms with Crippen molar-refractivity contribution >= 4 is 25.6 Å². The number of hydrogen-bond donors (Lipinski definition) is 1. The molecule has 0 saturated heterocycles. The molecule has 0 aromatic heterocycles. The lowest BCUT2D eigenvalue weighted by Gasteiger charge is -2.37. The summed E-state index contributed by atoms with van der Waals surface area (Å²) in [6, 6.07) is 10.7. The number of ether oxygens (including phenoxy) is 2. The van der Waals surface area contributed by atoms with Gasteiger partial charge in [-0.1, -0.05) is 25.1 Å². The van der Waals surface area contributed by atoms with Gasteiger partial charge in [0.05, 0.1) is 25.2 Å². The molecule has 3 atom stereocenters. The average Bonchev–Trinajstić information content (AvgIpc) is 3.45. The number of likely N-dealkylation sites (N-methyl/N-ethyl adjacent to an activating group) is 1. The van der Waals surface area contributed by atoms with E-state index < -0.39 is 32.2 Å². The summed E-state index contributed by atoms with van der Waals surface area (Å²) in [5.74, 6) is 0.231. The first-order valence-corrected chi connectivity index (χ1v) is 15.6. The lowest BCUT2D eigenvalue weighted by atomic mass is 10.0. The molecule has 38 heavy (non-hydrogen) atoms. The van der Waals surface area contributed by atoms with Crippen LogP contribution in [-0.4, -0.2) is 76.6 Å². The van der Waals surface area contributed by atoms with Crippen LogP contribution in [0.3, 0.4) is 0 Å². The van der Waals surface area contributed by atoms with E-state index in [1.165, 1.54) is 34.9 Å². The summed E-state index contributed by atoms with van der Waals surface area (Å²) in [7, 11) is -4.90. The smallest absolute Gasteiger partial charge is 0.247 e. The van der Waals surface area contributed by atoms with Gasteiger partial charge < -0.3 is 14.6 Å². The van der Waals surface area contributed by atoms with Crippen molar-refractivity contribution < 1.29 is 31.4 Å². The predicted molar refractivity (Wildman–Crippen MR) is 145 cm³/mol. The fourth-order valence-electron chi connectivity index (χ4n) is 4.87. The Morgan fingerprint density at radius 3 is 2.66 bits per heavy atom. The van der Waals surface area contributed by atoms with Gasteiger partial charge in [0, 0.05) is 31.6 Å². The molecule has 2 aliphatic rings. The highest BCUT2D eigenvalue weighted by atomic mass is 32.2. The van der Waals surface area contributed by atoms with E-state index in [0.29, 0.717) is 5.75 Å². The second kappa shape index (κ2) is 11.4. The first kappa shape index (κ1) is 28.6. The second-order valence-corrected chi connectivity index (χ2v) is 13.9. The summed E-state index contributed by atoms with van der Waals surface area (Å²) in [5, 5.41) is 9.85. The molecule has 0 unspecified atom stereocenters. The standard InChI is InChI=1S/C27H36N2O7S2/c1-19-16-29(20(2)18-30)38(33,34)27-13-12-22(21-8-5-6-9-21)14-25(27)36-26(19)17-28(3)37(31,32)24-11-7-10-23(15-24)35-4/h7-8,10-15,19-20,26,30H,5-6,9,16-18H2,1-4H3/t19-,20-,26-/m1/s1. The maximum atomic E-state index is 13.7. The molecule has 2 aromatic carbocycles. The van der Waals surface area contributed by atoms with Gasteiger partial charge in [0.1, 0.15) is 22.5 Å². The summed E-state index contributed by atoms with van der Waals surface area (Å²) < 4.78 is 68.2. The molecule has 2 aromatic rings. The molecule has 4 rings (SSSR count). The van der Waals surface area contributed by atoms with Gasteiger partial charge in [-0.3, -0.25) is 0 Å². The molecule has 0 bridgehead atoms. The predicted octanol–water partition coefficient (Wildman–Crippen LogP) is 3.35. The van der Waals surface area contributed by atoms with Gasteiger partial charge in [0.15, 0.2) is 0 Å². The molecule has 1 aliphatic carbocycles. The largest absolute Gasteiger partial charge is 0.497 e. The van der Waals surface area contributed by atoms with Crippen LogP contribution in [0, 0.1) is 5.92 Å². The molecule has 0 fully saturated rings. The number of sulfonamides is 2. The fourth-order valence-corrected chi connectivity index (χ4v) is 7.91. The number of aliphatic hydroxyl groups is 1. The Morgan fingerprint density at radius 2 is 2.00 bits per heavy atom. The normalized spacial score (nSPS) is 22.6. The van der Waals surface area contributed by atoms with Crippen LogP contribution >= 0.6 is 0 Å². The number of aliphatic hydroxyl groups excluding tert-OH is 1. The number of hydrogen-bond acceptors (Lipinski definition) is 7. The number of allylic oxidation sites excluding steroid dienone is 2. The van der Waals surface area contributed by atoms with Crippen molar-refractivity contribution in [1.29, 1.82) is 0 Å². The molecule has 0 radical (unpaired) electrons. The van der Waals surface area contributed by atoms with E-state index in [0.717, 1.165) is 30.4 Å². The van der Waals surface area contributed by atoms with E-state index >= 15 is 0 Å². The Kier molecular flexibility index (Phi) is 8.53. The minimum atomic E-state index is -3.98. The zero-order valence-electron chi connectivity index (χ0n) is 22.2. The van der Waals surface area contributed by atoms with Gasteiger partial charge in [0.25, 0.3) is 0 Å². The maximum Gasteiger partial charge on any atom is 0.247 e. The van der Waals surface area contributed by atoms with E-state index in [-0.39, 0.29) is 41.2 Å². The van der Waals surface area contributed by atoms with E-state index in [1.807, 2.05) is 6.92 Å². The lowest BCUT2D eigenvalue weighted by molar-refractivity contribution is 0.0904. The Bertz CT molecular complexity index is 1410. The van der Waals surface area contributed by atoms with Crippen molar-refractivity contribution in [3.63, 3.8) is 0 Å². The van der Waals surface area contributed by atoms with Crippen molar-refractivity contribution in [2.75, 3.05) is 33.9 Å². The van der Waals surface area contributed by atoms with Crippen molar-refractivity contribution in [3.05, 3.63) is 54.1 Å². The van der Waals surface area contributed by atoms with Gasteiger partial charge in [-0.2, -0.15) is 8.61 Å². The van der Waals surface area contributed by atoms with Crippen molar-refractivity contribution in [1.82, 2.24) is 8.61 Å². The van der Waals surface area contributed by atoms with E-state index in [2.05, 4.69) is 6.08 Å². The summed E-state index contributed by atoms with van der Waals surface area (Å²) in [6.45, 7) is 3.20. The van der Waals surface area contributed by atoms with Crippen LogP contribution < -0.4 is 9.47 Å². The van der Waals surface area contributed by atoms with Gasteiger partial charge in [-0.25, -0.2) is 16.8 Å². The number of nitrogens with zero attached hydrogens (tertiary/aromatic N) is 2. The second-order valence-electron chi connectivity index (χ2n) is 9.99. The lowest BCUT2D eigenvalue weighted by Crippen LogP contribution is -2.50. The van der Waals surface area contributed by atoms with Crippen LogP contribution in [0.5, 0.6) is 11.5 Å². The van der Waals surface area contributed by atoms with Crippen molar-refractivity contribution in [2.45, 2.75) is 55.0 Å². The highest BCUT2D eigenvalue weighted by Crippen LogP contribution is 2.37. The Morgan fingerprint density at radius 1 is 1.24 bits per heavy atom. The number of rotatable bonds is 8. The van der Waals surface area contributed by atoms with Gasteiger partial charge >= 0.3 is 0 Å². The first-order valence-electron chi connectivity index (χ1n) is 12.7.